The molecule has 2 aromatic rings. The smallest absolute Gasteiger partial charge is 0.273 e. The maximum absolute atomic E-state index is 12.7. The minimum Gasteiger partial charge on any atom is -0.497 e. The van der Waals surface area contributed by atoms with E-state index in [1.54, 1.807) is 7.11 Å². The third kappa shape index (κ3) is 3.91. The largest absolute Gasteiger partial charge is 0.497 e. The number of carbonyl (C=O) groups is 1. The Labute approximate surface area is 141 Å². The molecule has 1 heterocycles. The van der Waals surface area contributed by atoms with Crippen molar-refractivity contribution < 1.29 is 9.53 Å². The highest BCUT2D eigenvalue weighted by Crippen LogP contribution is 2.31. The third-order valence-corrected chi connectivity index (χ3v) is 4.91. The quantitative estimate of drug-likeness (QED) is 0.768. The predicted molar refractivity (Wildman–Crippen MR) is 93.0 cm³/mol. The Morgan fingerprint density at radius 2 is 2.09 bits per heavy atom. The topological polar surface area (TPSA) is 42.4 Å². The van der Waals surface area contributed by atoms with E-state index in [2.05, 4.69) is 11.9 Å². The molecule has 0 saturated heterocycles. The molecule has 0 radical (unpaired) electrons. The van der Waals surface area contributed by atoms with E-state index in [9.17, 15) is 4.79 Å². The molecule has 23 heavy (non-hydrogen) atoms. The van der Waals surface area contributed by atoms with Crippen LogP contribution in [0.2, 0.25) is 0 Å². The summed E-state index contributed by atoms with van der Waals surface area (Å²) in [5.74, 6) is 1.58. The molecule has 0 atom stereocenters. The second kappa shape index (κ2) is 7.13. The van der Waals surface area contributed by atoms with Crippen LogP contribution >= 0.6 is 11.3 Å². The minimum absolute atomic E-state index is 0.0646. The van der Waals surface area contributed by atoms with Gasteiger partial charge in [-0.1, -0.05) is 6.92 Å². The Morgan fingerprint density at radius 1 is 1.35 bits per heavy atom. The number of nitrogens with zero attached hydrogens (tertiary/aromatic N) is 2. The van der Waals surface area contributed by atoms with Crippen LogP contribution in [0.1, 0.15) is 36.7 Å². The Kier molecular flexibility index (Phi) is 4.96. The van der Waals surface area contributed by atoms with Crippen molar-refractivity contribution in [3.05, 3.63) is 35.3 Å². The first kappa shape index (κ1) is 16.0. The summed E-state index contributed by atoms with van der Waals surface area (Å²) in [4.78, 5) is 19.2. The highest BCUT2D eigenvalue weighted by molar-refractivity contribution is 7.13. The van der Waals surface area contributed by atoms with Crippen LogP contribution < -0.4 is 4.74 Å². The molecule has 1 aliphatic carbocycles. The van der Waals surface area contributed by atoms with Gasteiger partial charge in [0.2, 0.25) is 0 Å². The molecule has 4 nitrogen and oxygen atoms in total. The Morgan fingerprint density at radius 3 is 2.70 bits per heavy atom. The lowest BCUT2D eigenvalue weighted by Gasteiger charge is -2.20. The number of ether oxygens (including phenoxy) is 1. The van der Waals surface area contributed by atoms with Gasteiger partial charge in [-0.3, -0.25) is 4.79 Å². The van der Waals surface area contributed by atoms with E-state index in [0.717, 1.165) is 35.8 Å². The van der Waals surface area contributed by atoms with Crippen LogP contribution in [0, 0.1) is 5.92 Å². The molecule has 1 aromatic carbocycles. The van der Waals surface area contributed by atoms with Crippen LogP contribution in [0.4, 0.5) is 0 Å². The zero-order valence-corrected chi connectivity index (χ0v) is 14.4. The molecular weight excluding hydrogens is 308 g/mol. The normalized spacial score (nSPS) is 13.8. The van der Waals surface area contributed by atoms with E-state index in [-0.39, 0.29) is 5.91 Å². The third-order valence-electron chi connectivity index (χ3n) is 4.02. The van der Waals surface area contributed by atoms with Crippen molar-refractivity contribution in [2.75, 3.05) is 20.2 Å². The standard InChI is InChI=1S/C18H22N2O2S/c1-3-10-20(11-13-4-5-13)18(21)16-12-23-17(19-16)14-6-8-15(22-2)9-7-14/h6-9,12-13H,3-5,10-11H2,1-2H3. The van der Waals surface area contributed by atoms with Gasteiger partial charge in [0, 0.05) is 24.0 Å². The highest BCUT2D eigenvalue weighted by atomic mass is 32.1. The number of amides is 1. The van der Waals surface area contributed by atoms with Crippen molar-refractivity contribution in [2.24, 2.45) is 5.92 Å². The maximum atomic E-state index is 12.7. The number of hydrogen-bond donors (Lipinski definition) is 0. The van der Waals surface area contributed by atoms with Crippen LogP contribution in [-0.4, -0.2) is 36.0 Å². The maximum Gasteiger partial charge on any atom is 0.273 e. The predicted octanol–water partition coefficient (Wildman–Crippen LogP) is 4.08. The van der Waals surface area contributed by atoms with Crippen molar-refractivity contribution in [3.63, 3.8) is 0 Å². The van der Waals surface area contributed by atoms with Crippen molar-refractivity contribution in [2.45, 2.75) is 26.2 Å². The molecule has 1 amide bonds. The summed E-state index contributed by atoms with van der Waals surface area (Å²) >= 11 is 1.52. The zero-order chi connectivity index (χ0) is 16.2. The molecule has 0 bridgehead atoms. The average Bonchev–Trinajstić information content (AvgIpc) is 3.26. The minimum atomic E-state index is 0.0646. The monoisotopic (exact) mass is 330 g/mol. The number of aromatic nitrogens is 1. The van der Waals surface area contributed by atoms with Gasteiger partial charge in [0.1, 0.15) is 16.5 Å². The van der Waals surface area contributed by atoms with Crippen LogP contribution in [-0.2, 0) is 0 Å². The number of carbonyl (C=O) groups excluding carboxylic acids is 1. The lowest BCUT2D eigenvalue weighted by Crippen LogP contribution is -2.33. The van der Waals surface area contributed by atoms with Gasteiger partial charge in [-0.2, -0.15) is 0 Å². The number of thiazole rings is 1. The van der Waals surface area contributed by atoms with E-state index >= 15 is 0 Å². The highest BCUT2D eigenvalue weighted by Gasteiger charge is 2.27. The first-order valence-electron chi connectivity index (χ1n) is 8.10. The summed E-state index contributed by atoms with van der Waals surface area (Å²) in [7, 11) is 1.65. The summed E-state index contributed by atoms with van der Waals surface area (Å²) < 4.78 is 5.17. The van der Waals surface area contributed by atoms with Crippen molar-refractivity contribution >= 4 is 17.2 Å². The fourth-order valence-corrected chi connectivity index (χ4v) is 3.36. The average molecular weight is 330 g/mol. The van der Waals surface area contributed by atoms with Gasteiger partial charge >= 0.3 is 0 Å². The molecule has 1 aliphatic rings. The fourth-order valence-electron chi connectivity index (χ4n) is 2.56. The van der Waals surface area contributed by atoms with Gasteiger partial charge in [-0.15, -0.1) is 11.3 Å². The molecule has 0 unspecified atom stereocenters. The lowest BCUT2D eigenvalue weighted by atomic mass is 10.2. The SMILES string of the molecule is CCCN(CC1CC1)C(=O)c1csc(-c2ccc(OC)cc2)n1. The van der Waals surface area contributed by atoms with Gasteiger partial charge in [0.05, 0.1) is 7.11 Å². The molecule has 1 saturated carbocycles. The van der Waals surface area contributed by atoms with E-state index in [1.165, 1.54) is 24.2 Å². The van der Waals surface area contributed by atoms with Crippen molar-refractivity contribution in [1.82, 2.24) is 9.88 Å². The van der Waals surface area contributed by atoms with Crippen LogP contribution in [0.25, 0.3) is 10.6 Å². The lowest BCUT2D eigenvalue weighted by molar-refractivity contribution is 0.0742. The number of methoxy groups -OCH3 is 1. The summed E-state index contributed by atoms with van der Waals surface area (Å²) in [6.45, 7) is 3.80. The van der Waals surface area contributed by atoms with Crippen molar-refractivity contribution in [3.8, 4) is 16.3 Å². The van der Waals surface area contributed by atoms with E-state index in [1.807, 2.05) is 34.5 Å². The van der Waals surface area contributed by atoms with Gasteiger partial charge in [-0.25, -0.2) is 4.98 Å². The second-order valence-electron chi connectivity index (χ2n) is 5.96. The van der Waals surface area contributed by atoms with Crippen LogP contribution in [0.5, 0.6) is 5.75 Å². The van der Waals surface area contributed by atoms with Gasteiger partial charge < -0.3 is 9.64 Å². The summed E-state index contributed by atoms with van der Waals surface area (Å²) in [6.07, 6.45) is 3.48. The van der Waals surface area contributed by atoms with Crippen LogP contribution in [0.15, 0.2) is 29.6 Å². The second-order valence-corrected chi connectivity index (χ2v) is 6.82. The molecule has 1 aromatic heterocycles. The molecule has 3 rings (SSSR count). The number of benzene rings is 1. The Bertz CT molecular complexity index is 662. The summed E-state index contributed by atoms with van der Waals surface area (Å²) in [5.41, 5.74) is 1.58. The number of hydrogen-bond acceptors (Lipinski definition) is 4. The van der Waals surface area contributed by atoms with E-state index < -0.39 is 0 Å². The van der Waals surface area contributed by atoms with Gasteiger partial charge in [0.15, 0.2) is 0 Å². The van der Waals surface area contributed by atoms with Gasteiger partial charge in [0.25, 0.3) is 5.91 Å². The number of rotatable bonds is 7. The first-order valence-corrected chi connectivity index (χ1v) is 8.98. The molecule has 0 aliphatic heterocycles. The molecular formula is C18H22N2O2S. The Balaban J connectivity index is 1.74. The van der Waals surface area contributed by atoms with E-state index in [4.69, 9.17) is 4.74 Å². The fraction of sp³-hybridized carbons (Fsp3) is 0.444. The summed E-state index contributed by atoms with van der Waals surface area (Å²) in [6, 6.07) is 7.77. The van der Waals surface area contributed by atoms with Crippen LogP contribution in [0.3, 0.4) is 0 Å². The first-order chi connectivity index (χ1) is 11.2. The molecule has 1 fully saturated rings. The summed E-state index contributed by atoms with van der Waals surface area (Å²) in [5, 5.41) is 2.75. The molecule has 122 valence electrons. The van der Waals surface area contributed by atoms with E-state index in [0.29, 0.717) is 11.6 Å². The molecule has 5 heteroatoms. The van der Waals surface area contributed by atoms with Crippen molar-refractivity contribution in [1.29, 1.82) is 0 Å². The Hall–Kier alpha value is -1.88. The zero-order valence-electron chi connectivity index (χ0n) is 13.6. The van der Waals surface area contributed by atoms with Gasteiger partial charge in [-0.05, 0) is 49.4 Å². The molecule has 0 N–H and O–H groups in total. The molecule has 0 spiro atoms.